The first-order valence-corrected chi connectivity index (χ1v) is 6.76. The van der Waals surface area contributed by atoms with Crippen molar-refractivity contribution in [3.8, 4) is 0 Å². The van der Waals surface area contributed by atoms with Crippen LogP contribution >= 0.6 is 0 Å². The van der Waals surface area contributed by atoms with Gasteiger partial charge in [-0.05, 0) is 44.2 Å². The largest absolute Gasteiger partial charge is 0.328 e. The van der Waals surface area contributed by atoms with E-state index in [4.69, 9.17) is 5.73 Å². The maximum absolute atomic E-state index is 5.90. The molecule has 2 nitrogen and oxygen atoms in total. The van der Waals surface area contributed by atoms with Gasteiger partial charge in [0.15, 0.2) is 0 Å². The molecule has 0 amide bonds. The Balaban J connectivity index is 1.85. The Hall–Kier alpha value is -0.860. The van der Waals surface area contributed by atoms with Crippen LogP contribution in [-0.2, 0) is 6.54 Å². The highest BCUT2D eigenvalue weighted by Gasteiger charge is 2.20. The smallest absolute Gasteiger partial charge is 0.0233 e. The van der Waals surface area contributed by atoms with Crippen LogP contribution in [0.15, 0.2) is 30.3 Å². The van der Waals surface area contributed by atoms with E-state index in [1.165, 1.54) is 37.9 Å². The van der Waals surface area contributed by atoms with E-state index in [-0.39, 0.29) is 0 Å². The van der Waals surface area contributed by atoms with Gasteiger partial charge in [0, 0.05) is 19.1 Å². The SMILES string of the molecule is C[C@H](N)CC1CCCN(Cc2ccccc2)C1. The monoisotopic (exact) mass is 232 g/mol. The van der Waals surface area contributed by atoms with Gasteiger partial charge in [0.25, 0.3) is 0 Å². The van der Waals surface area contributed by atoms with E-state index in [2.05, 4.69) is 42.2 Å². The summed E-state index contributed by atoms with van der Waals surface area (Å²) < 4.78 is 0. The summed E-state index contributed by atoms with van der Waals surface area (Å²) in [6.07, 6.45) is 3.85. The maximum Gasteiger partial charge on any atom is 0.0233 e. The van der Waals surface area contributed by atoms with Crippen LogP contribution in [0.4, 0.5) is 0 Å². The topological polar surface area (TPSA) is 29.3 Å². The Kier molecular flexibility index (Phi) is 4.57. The second-order valence-electron chi connectivity index (χ2n) is 5.44. The van der Waals surface area contributed by atoms with Gasteiger partial charge in [-0.25, -0.2) is 0 Å². The van der Waals surface area contributed by atoms with Gasteiger partial charge < -0.3 is 5.73 Å². The van der Waals surface area contributed by atoms with Gasteiger partial charge in [-0.1, -0.05) is 30.3 Å². The van der Waals surface area contributed by atoms with Crippen LogP contribution in [0.1, 0.15) is 31.7 Å². The lowest BCUT2D eigenvalue weighted by Crippen LogP contribution is -2.37. The summed E-state index contributed by atoms with van der Waals surface area (Å²) in [4.78, 5) is 2.58. The Morgan fingerprint density at radius 1 is 1.35 bits per heavy atom. The summed E-state index contributed by atoms with van der Waals surface area (Å²) in [5.41, 5.74) is 7.33. The van der Waals surface area contributed by atoms with E-state index in [1.807, 2.05) is 0 Å². The van der Waals surface area contributed by atoms with E-state index >= 15 is 0 Å². The van der Waals surface area contributed by atoms with Crippen molar-refractivity contribution in [3.05, 3.63) is 35.9 Å². The van der Waals surface area contributed by atoms with Crippen LogP contribution in [0.5, 0.6) is 0 Å². The molecule has 17 heavy (non-hydrogen) atoms. The van der Waals surface area contributed by atoms with E-state index in [0.717, 1.165) is 12.5 Å². The number of benzene rings is 1. The lowest BCUT2D eigenvalue weighted by Gasteiger charge is -2.33. The first-order chi connectivity index (χ1) is 8.24. The minimum absolute atomic E-state index is 0.344. The minimum atomic E-state index is 0.344. The Labute approximate surface area is 105 Å². The molecule has 2 atom stereocenters. The molecule has 1 saturated heterocycles. The maximum atomic E-state index is 5.90. The van der Waals surface area contributed by atoms with Gasteiger partial charge in [-0.15, -0.1) is 0 Å². The summed E-state index contributed by atoms with van der Waals surface area (Å²) >= 11 is 0. The first kappa shape index (κ1) is 12.6. The molecule has 1 aromatic carbocycles. The van der Waals surface area contributed by atoms with Crippen LogP contribution in [0, 0.1) is 5.92 Å². The highest BCUT2D eigenvalue weighted by atomic mass is 15.1. The molecule has 94 valence electrons. The molecule has 1 fully saturated rings. The van der Waals surface area contributed by atoms with E-state index < -0.39 is 0 Å². The third kappa shape index (κ3) is 4.14. The fourth-order valence-electron chi connectivity index (χ4n) is 2.85. The van der Waals surface area contributed by atoms with Gasteiger partial charge in [-0.2, -0.15) is 0 Å². The van der Waals surface area contributed by atoms with E-state index in [1.54, 1.807) is 0 Å². The van der Waals surface area contributed by atoms with Crippen molar-refractivity contribution in [3.63, 3.8) is 0 Å². The van der Waals surface area contributed by atoms with Crippen molar-refractivity contribution < 1.29 is 0 Å². The molecule has 0 spiro atoms. The van der Waals surface area contributed by atoms with Crippen LogP contribution in [0.25, 0.3) is 0 Å². The van der Waals surface area contributed by atoms with Crippen LogP contribution in [0.3, 0.4) is 0 Å². The first-order valence-electron chi connectivity index (χ1n) is 6.76. The molecule has 0 bridgehead atoms. The van der Waals surface area contributed by atoms with Crippen molar-refractivity contribution in [2.45, 2.75) is 38.8 Å². The van der Waals surface area contributed by atoms with E-state index in [9.17, 15) is 0 Å². The highest BCUT2D eigenvalue weighted by molar-refractivity contribution is 5.14. The molecule has 2 N–H and O–H groups in total. The number of piperidine rings is 1. The number of nitrogens with two attached hydrogens (primary N) is 1. The van der Waals surface area contributed by atoms with Crippen molar-refractivity contribution in [2.75, 3.05) is 13.1 Å². The number of nitrogens with zero attached hydrogens (tertiary/aromatic N) is 1. The van der Waals surface area contributed by atoms with E-state index in [0.29, 0.717) is 6.04 Å². The molecular formula is C15H24N2. The predicted molar refractivity (Wildman–Crippen MR) is 72.7 cm³/mol. The van der Waals surface area contributed by atoms with Gasteiger partial charge in [0.1, 0.15) is 0 Å². The van der Waals surface area contributed by atoms with Crippen LogP contribution in [-0.4, -0.2) is 24.0 Å². The Bertz CT molecular complexity index is 321. The van der Waals surface area contributed by atoms with Gasteiger partial charge in [0.2, 0.25) is 0 Å². The van der Waals surface area contributed by atoms with Crippen molar-refractivity contribution >= 4 is 0 Å². The highest BCUT2D eigenvalue weighted by Crippen LogP contribution is 2.21. The molecule has 0 aliphatic carbocycles. The van der Waals surface area contributed by atoms with Crippen LogP contribution in [0.2, 0.25) is 0 Å². The van der Waals surface area contributed by atoms with Crippen LogP contribution < -0.4 is 5.73 Å². The van der Waals surface area contributed by atoms with Gasteiger partial charge in [0.05, 0.1) is 0 Å². The predicted octanol–water partition coefficient (Wildman–Crippen LogP) is 2.64. The third-order valence-electron chi connectivity index (χ3n) is 3.56. The third-order valence-corrected chi connectivity index (χ3v) is 3.56. The minimum Gasteiger partial charge on any atom is -0.328 e. The Morgan fingerprint density at radius 3 is 2.82 bits per heavy atom. The number of likely N-dealkylation sites (tertiary alicyclic amines) is 1. The van der Waals surface area contributed by atoms with Gasteiger partial charge in [-0.3, -0.25) is 4.90 Å². The molecule has 1 aliphatic rings. The molecule has 0 radical (unpaired) electrons. The van der Waals surface area contributed by atoms with Crippen molar-refractivity contribution in [1.82, 2.24) is 4.90 Å². The molecule has 1 heterocycles. The lowest BCUT2D eigenvalue weighted by molar-refractivity contribution is 0.158. The fraction of sp³-hybridized carbons (Fsp3) is 0.600. The summed E-state index contributed by atoms with van der Waals surface area (Å²) in [7, 11) is 0. The average molecular weight is 232 g/mol. The zero-order valence-electron chi connectivity index (χ0n) is 10.8. The standard InChI is InChI=1S/C15H24N2/c1-13(16)10-15-8-5-9-17(12-15)11-14-6-3-2-4-7-14/h2-4,6-7,13,15H,5,8-12,16H2,1H3/t13-,15?/m0/s1. The Morgan fingerprint density at radius 2 is 2.12 bits per heavy atom. The quantitative estimate of drug-likeness (QED) is 0.864. The summed E-state index contributed by atoms with van der Waals surface area (Å²) in [5, 5.41) is 0. The molecule has 1 aromatic rings. The molecule has 1 unspecified atom stereocenters. The second-order valence-corrected chi connectivity index (χ2v) is 5.44. The van der Waals surface area contributed by atoms with Crippen molar-refractivity contribution in [1.29, 1.82) is 0 Å². The summed E-state index contributed by atoms with van der Waals surface area (Å²) in [6, 6.07) is 11.1. The summed E-state index contributed by atoms with van der Waals surface area (Å²) in [6.45, 7) is 5.67. The molecule has 0 aromatic heterocycles. The summed E-state index contributed by atoms with van der Waals surface area (Å²) in [5.74, 6) is 0.799. The fourth-order valence-corrected chi connectivity index (χ4v) is 2.85. The van der Waals surface area contributed by atoms with Gasteiger partial charge >= 0.3 is 0 Å². The molecular weight excluding hydrogens is 208 g/mol. The number of hydrogen-bond donors (Lipinski definition) is 1. The number of hydrogen-bond acceptors (Lipinski definition) is 2. The zero-order valence-corrected chi connectivity index (χ0v) is 10.8. The second kappa shape index (κ2) is 6.18. The lowest BCUT2D eigenvalue weighted by atomic mass is 9.92. The average Bonchev–Trinajstić information content (AvgIpc) is 2.30. The molecule has 2 rings (SSSR count). The molecule has 1 aliphatic heterocycles. The zero-order chi connectivity index (χ0) is 12.1. The normalized spacial score (nSPS) is 23.5. The molecule has 0 saturated carbocycles. The molecule has 2 heteroatoms. The van der Waals surface area contributed by atoms with Crippen molar-refractivity contribution in [2.24, 2.45) is 11.7 Å². The number of rotatable bonds is 4.